The van der Waals surface area contributed by atoms with Gasteiger partial charge in [-0.3, -0.25) is 9.89 Å². The van der Waals surface area contributed by atoms with Crippen molar-refractivity contribution in [1.82, 2.24) is 10.2 Å². The number of hydrogen-bond acceptors (Lipinski definition) is 3. The van der Waals surface area contributed by atoms with Gasteiger partial charge < -0.3 is 5.32 Å². The Morgan fingerprint density at radius 1 is 1.77 bits per heavy atom. The van der Waals surface area contributed by atoms with Crippen molar-refractivity contribution in [2.45, 2.75) is 18.1 Å². The molecule has 70 valence electrons. The standard InChI is InChI=1S/C8H11N3OS/c12-8(6-2-1-5-13-6)10-7-3-4-9-11-7/h3-4,6H,1-2,5H2,(H2,9,10,11,12). The van der Waals surface area contributed by atoms with Crippen molar-refractivity contribution < 1.29 is 4.79 Å². The molecule has 2 heterocycles. The number of hydrogen-bond donors (Lipinski definition) is 2. The summed E-state index contributed by atoms with van der Waals surface area (Å²) in [5, 5.41) is 9.37. The molecule has 1 unspecified atom stereocenters. The zero-order chi connectivity index (χ0) is 9.10. The van der Waals surface area contributed by atoms with Crippen molar-refractivity contribution in [3.63, 3.8) is 0 Å². The smallest absolute Gasteiger partial charge is 0.238 e. The number of rotatable bonds is 2. The fourth-order valence-corrected chi connectivity index (χ4v) is 2.48. The number of nitrogens with zero attached hydrogens (tertiary/aromatic N) is 1. The first-order valence-corrected chi connectivity index (χ1v) is 5.33. The fraction of sp³-hybridized carbons (Fsp3) is 0.500. The van der Waals surface area contributed by atoms with Crippen LogP contribution in [0.2, 0.25) is 0 Å². The van der Waals surface area contributed by atoms with E-state index >= 15 is 0 Å². The molecule has 0 aliphatic carbocycles. The second-order valence-electron chi connectivity index (χ2n) is 2.96. The van der Waals surface area contributed by atoms with Crippen LogP contribution in [0.15, 0.2) is 12.3 Å². The molecule has 4 nitrogen and oxygen atoms in total. The van der Waals surface area contributed by atoms with E-state index in [1.54, 1.807) is 24.0 Å². The minimum atomic E-state index is 0.0896. The highest BCUT2D eigenvalue weighted by molar-refractivity contribution is 8.00. The highest BCUT2D eigenvalue weighted by atomic mass is 32.2. The van der Waals surface area contributed by atoms with Gasteiger partial charge in [0.25, 0.3) is 0 Å². The van der Waals surface area contributed by atoms with Gasteiger partial charge >= 0.3 is 0 Å². The minimum absolute atomic E-state index is 0.0896. The molecule has 13 heavy (non-hydrogen) atoms. The number of carbonyl (C=O) groups excluding carboxylic acids is 1. The summed E-state index contributed by atoms with van der Waals surface area (Å²) in [5.41, 5.74) is 0. The number of carbonyl (C=O) groups is 1. The van der Waals surface area contributed by atoms with E-state index in [9.17, 15) is 4.79 Å². The highest BCUT2D eigenvalue weighted by Crippen LogP contribution is 2.26. The maximum absolute atomic E-state index is 11.5. The Kier molecular flexibility index (Phi) is 2.54. The molecule has 2 rings (SSSR count). The molecule has 0 radical (unpaired) electrons. The summed E-state index contributed by atoms with van der Waals surface area (Å²) < 4.78 is 0. The second-order valence-corrected chi connectivity index (χ2v) is 4.27. The third-order valence-electron chi connectivity index (χ3n) is 1.98. The molecule has 0 bridgehead atoms. The summed E-state index contributed by atoms with van der Waals surface area (Å²) in [6, 6.07) is 1.75. The van der Waals surface area contributed by atoms with Crippen LogP contribution in [0.4, 0.5) is 5.82 Å². The average Bonchev–Trinajstić information content (AvgIpc) is 2.74. The molecule has 1 aliphatic rings. The number of aromatic amines is 1. The molecule has 0 aromatic carbocycles. The second kappa shape index (κ2) is 3.83. The van der Waals surface area contributed by atoms with E-state index in [1.807, 2.05) is 0 Å². The molecule has 1 saturated heterocycles. The Bertz CT molecular complexity index is 280. The van der Waals surface area contributed by atoms with Gasteiger partial charge in [-0.2, -0.15) is 5.10 Å². The molecule has 0 saturated carbocycles. The lowest BCUT2D eigenvalue weighted by molar-refractivity contribution is -0.115. The van der Waals surface area contributed by atoms with Gasteiger partial charge in [0.1, 0.15) is 5.82 Å². The van der Waals surface area contributed by atoms with Crippen LogP contribution < -0.4 is 5.32 Å². The van der Waals surface area contributed by atoms with Crippen LogP contribution in [-0.2, 0) is 4.79 Å². The first-order chi connectivity index (χ1) is 6.36. The van der Waals surface area contributed by atoms with E-state index in [0.717, 1.165) is 18.6 Å². The fourth-order valence-electron chi connectivity index (χ4n) is 1.32. The molecule has 1 fully saturated rings. The molecule has 2 N–H and O–H groups in total. The maximum atomic E-state index is 11.5. The predicted octanol–water partition coefficient (Wildman–Crippen LogP) is 1.24. The van der Waals surface area contributed by atoms with Crippen molar-refractivity contribution in [1.29, 1.82) is 0 Å². The molecular weight excluding hydrogens is 186 g/mol. The van der Waals surface area contributed by atoms with Gasteiger partial charge in [0.15, 0.2) is 0 Å². The lowest BCUT2D eigenvalue weighted by Gasteiger charge is -2.07. The topological polar surface area (TPSA) is 57.8 Å². The monoisotopic (exact) mass is 197 g/mol. The molecular formula is C8H11N3OS. The van der Waals surface area contributed by atoms with Crippen LogP contribution in [-0.4, -0.2) is 27.1 Å². The van der Waals surface area contributed by atoms with Crippen LogP contribution in [0.25, 0.3) is 0 Å². The van der Waals surface area contributed by atoms with Crippen molar-refractivity contribution in [3.05, 3.63) is 12.3 Å². The first kappa shape index (κ1) is 8.62. The third kappa shape index (κ3) is 2.03. The van der Waals surface area contributed by atoms with Gasteiger partial charge in [-0.15, -0.1) is 11.8 Å². The van der Waals surface area contributed by atoms with Gasteiger partial charge in [0.05, 0.1) is 11.4 Å². The lowest BCUT2D eigenvalue weighted by atomic mass is 10.2. The Hall–Kier alpha value is -0.970. The number of aromatic nitrogens is 2. The van der Waals surface area contributed by atoms with Crippen LogP contribution >= 0.6 is 11.8 Å². The summed E-state index contributed by atoms with van der Waals surface area (Å²) in [4.78, 5) is 11.5. The molecule has 1 amide bonds. The highest BCUT2D eigenvalue weighted by Gasteiger charge is 2.23. The summed E-state index contributed by atoms with van der Waals surface area (Å²) in [6.45, 7) is 0. The Balaban J connectivity index is 1.91. The van der Waals surface area contributed by atoms with Gasteiger partial charge in [0.2, 0.25) is 5.91 Å². The van der Waals surface area contributed by atoms with E-state index in [-0.39, 0.29) is 11.2 Å². The van der Waals surface area contributed by atoms with Crippen molar-refractivity contribution in [3.8, 4) is 0 Å². The lowest BCUT2D eigenvalue weighted by Crippen LogP contribution is -2.22. The van der Waals surface area contributed by atoms with Crippen LogP contribution in [0.3, 0.4) is 0 Å². The molecule has 0 spiro atoms. The van der Waals surface area contributed by atoms with E-state index in [1.165, 1.54) is 0 Å². The van der Waals surface area contributed by atoms with Crippen LogP contribution in [0.1, 0.15) is 12.8 Å². The molecule has 1 aliphatic heterocycles. The predicted molar refractivity (Wildman–Crippen MR) is 52.7 cm³/mol. The van der Waals surface area contributed by atoms with E-state index in [4.69, 9.17) is 0 Å². The Morgan fingerprint density at radius 3 is 3.31 bits per heavy atom. The number of nitrogens with one attached hydrogen (secondary N) is 2. The molecule has 1 aromatic heterocycles. The van der Waals surface area contributed by atoms with Gasteiger partial charge in [-0.05, 0) is 18.6 Å². The third-order valence-corrected chi connectivity index (χ3v) is 3.36. The number of anilines is 1. The van der Waals surface area contributed by atoms with Crippen molar-refractivity contribution in [2.75, 3.05) is 11.1 Å². The number of thioether (sulfide) groups is 1. The summed E-state index contributed by atoms with van der Waals surface area (Å²) in [7, 11) is 0. The Labute approximate surface area is 80.5 Å². The summed E-state index contributed by atoms with van der Waals surface area (Å²) >= 11 is 1.73. The number of amides is 1. The average molecular weight is 197 g/mol. The largest absolute Gasteiger partial charge is 0.310 e. The van der Waals surface area contributed by atoms with E-state index < -0.39 is 0 Å². The molecule has 5 heteroatoms. The van der Waals surface area contributed by atoms with E-state index in [2.05, 4.69) is 15.5 Å². The van der Waals surface area contributed by atoms with Crippen LogP contribution in [0.5, 0.6) is 0 Å². The van der Waals surface area contributed by atoms with Gasteiger partial charge in [-0.1, -0.05) is 0 Å². The SMILES string of the molecule is O=C(Nc1ccn[nH]1)C1CCCS1. The van der Waals surface area contributed by atoms with E-state index in [0.29, 0.717) is 5.82 Å². The first-order valence-electron chi connectivity index (χ1n) is 4.28. The number of H-pyrrole nitrogens is 1. The normalized spacial score (nSPS) is 21.7. The van der Waals surface area contributed by atoms with Crippen LogP contribution in [0, 0.1) is 0 Å². The van der Waals surface area contributed by atoms with Crippen molar-refractivity contribution >= 4 is 23.5 Å². The summed E-state index contributed by atoms with van der Waals surface area (Å²) in [6.07, 6.45) is 3.76. The van der Waals surface area contributed by atoms with Crippen molar-refractivity contribution in [2.24, 2.45) is 0 Å². The Morgan fingerprint density at radius 2 is 2.69 bits per heavy atom. The zero-order valence-electron chi connectivity index (χ0n) is 7.12. The van der Waals surface area contributed by atoms with Gasteiger partial charge in [-0.25, -0.2) is 0 Å². The maximum Gasteiger partial charge on any atom is 0.238 e. The molecule has 1 atom stereocenters. The zero-order valence-corrected chi connectivity index (χ0v) is 7.93. The molecule has 1 aromatic rings. The quantitative estimate of drug-likeness (QED) is 0.750. The minimum Gasteiger partial charge on any atom is -0.310 e. The van der Waals surface area contributed by atoms with Gasteiger partial charge in [0, 0.05) is 6.07 Å². The summed E-state index contributed by atoms with van der Waals surface area (Å²) in [5.74, 6) is 1.87.